The summed E-state index contributed by atoms with van der Waals surface area (Å²) in [6.07, 6.45) is 0. The van der Waals surface area contributed by atoms with Crippen LogP contribution in [0, 0.1) is 0 Å². The van der Waals surface area contributed by atoms with Crippen LogP contribution in [0.3, 0.4) is 0 Å². The summed E-state index contributed by atoms with van der Waals surface area (Å²) >= 11 is 0. The fraction of sp³-hybridized carbons (Fsp3) is 0.391. The van der Waals surface area contributed by atoms with Crippen molar-refractivity contribution >= 4 is 17.5 Å². The Morgan fingerprint density at radius 1 is 1.03 bits per heavy atom. The molecule has 0 saturated carbocycles. The number of likely N-dealkylation sites (N-methyl/N-ethyl adjacent to an activating group) is 2. The maximum atomic E-state index is 13.0. The van der Waals surface area contributed by atoms with Gasteiger partial charge in [-0.1, -0.05) is 43.3 Å². The molecule has 1 unspecified atom stereocenters. The van der Waals surface area contributed by atoms with Crippen molar-refractivity contribution < 1.29 is 14.3 Å². The molecule has 29 heavy (non-hydrogen) atoms. The summed E-state index contributed by atoms with van der Waals surface area (Å²) in [5, 5.41) is 2.87. The van der Waals surface area contributed by atoms with Crippen molar-refractivity contribution in [3.8, 4) is 5.75 Å². The highest BCUT2D eigenvalue weighted by Crippen LogP contribution is 2.17. The molecule has 6 heteroatoms. The van der Waals surface area contributed by atoms with E-state index in [9.17, 15) is 9.59 Å². The normalized spacial score (nSPS) is 11.8. The van der Waals surface area contributed by atoms with Crippen LogP contribution in [-0.4, -0.2) is 54.4 Å². The molecule has 6 nitrogen and oxygen atoms in total. The summed E-state index contributed by atoms with van der Waals surface area (Å²) in [7, 11) is 1.59. The molecule has 2 aromatic rings. The van der Waals surface area contributed by atoms with E-state index in [1.807, 2.05) is 79.1 Å². The summed E-state index contributed by atoms with van der Waals surface area (Å²) in [5.74, 6) is 0.538. The number of nitrogens with zero attached hydrogens (tertiary/aromatic N) is 2. The molecule has 0 fully saturated rings. The maximum Gasteiger partial charge on any atom is 0.239 e. The molecule has 0 bridgehead atoms. The van der Waals surface area contributed by atoms with Crippen LogP contribution in [0.15, 0.2) is 54.6 Å². The molecule has 2 aromatic carbocycles. The molecule has 2 rings (SSSR count). The van der Waals surface area contributed by atoms with Gasteiger partial charge in [0.25, 0.3) is 0 Å². The summed E-state index contributed by atoms with van der Waals surface area (Å²) < 4.78 is 5.18. The minimum atomic E-state index is -0.389. The largest absolute Gasteiger partial charge is 0.497 e. The number of hydrogen-bond donors (Lipinski definition) is 1. The Bertz CT molecular complexity index is 795. The van der Waals surface area contributed by atoms with Crippen LogP contribution in [0.2, 0.25) is 0 Å². The lowest BCUT2D eigenvalue weighted by Gasteiger charge is -2.31. The Hall–Kier alpha value is -2.86. The fourth-order valence-corrected chi connectivity index (χ4v) is 3.18. The number of carbonyl (C=O) groups excluding carboxylic acids is 2. The molecule has 1 N–H and O–H groups in total. The van der Waals surface area contributed by atoms with E-state index in [1.165, 1.54) is 0 Å². The number of anilines is 1. The maximum absolute atomic E-state index is 13.0. The molecular weight excluding hydrogens is 366 g/mol. The van der Waals surface area contributed by atoms with Gasteiger partial charge in [0.2, 0.25) is 11.8 Å². The number of carbonyl (C=O) groups is 2. The number of nitrogens with one attached hydrogen (secondary N) is 1. The average molecular weight is 398 g/mol. The third-order valence-electron chi connectivity index (χ3n) is 4.92. The lowest BCUT2D eigenvalue weighted by Crippen LogP contribution is -2.49. The third kappa shape index (κ3) is 6.61. The summed E-state index contributed by atoms with van der Waals surface area (Å²) in [4.78, 5) is 29.3. The van der Waals surface area contributed by atoms with Crippen molar-refractivity contribution in [2.24, 2.45) is 0 Å². The van der Waals surface area contributed by atoms with Gasteiger partial charge in [-0.3, -0.25) is 14.5 Å². The molecular formula is C23H31N3O3. The Kier molecular flexibility index (Phi) is 8.68. The van der Waals surface area contributed by atoms with Crippen LogP contribution in [0.1, 0.15) is 26.3 Å². The van der Waals surface area contributed by atoms with Crippen LogP contribution in [-0.2, 0) is 16.1 Å². The van der Waals surface area contributed by atoms with Gasteiger partial charge < -0.3 is 15.0 Å². The van der Waals surface area contributed by atoms with Crippen molar-refractivity contribution in [3.05, 3.63) is 60.2 Å². The average Bonchev–Trinajstić information content (AvgIpc) is 2.75. The first-order valence-corrected chi connectivity index (χ1v) is 9.99. The third-order valence-corrected chi connectivity index (χ3v) is 4.92. The molecule has 0 aliphatic rings. The molecule has 2 amide bonds. The van der Waals surface area contributed by atoms with Crippen molar-refractivity contribution in [2.75, 3.05) is 32.1 Å². The van der Waals surface area contributed by atoms with E-state index >= 15 is 0 Å². The van der Waals surface area contributed by atoms with Crippen molar-refractivity contribution in [2.45, 2.75) is 33.4 Å². The lowest BCUT2D eigenvalue weighted by molar-refractivity contribution is -0.137. The molecule has 0 aliphatic heterocycles. The number of methoxy groups -OCH3 is 1. The molecule has 0 radical (unpaired) electrons. The van der Waals surface area contributed by atoms with E-state index in [4.69, 9.17) is 4.74 Å². The molecule has 0 aromatic heterocycles. The van der Waals surface area contributed by atoms with Gasteiger partial charge in [-0.2, -0.15) is 0 Å². The van der Waals surface area contributed by atoms with Crippen LogP contribution >= 0.6 is 0 Å². The predicted octanol–water partition coefficient (Wildman–Crippen LogP) is 3.39. The highest BCUT2D eigenvalue weighted by atomic mass is 16.5. The van der Waals surface area contributed by atoms with Gasteiger partial charge in [0.15, 0.2) is 0 Å². The second kappa shape index (κ2) is 11.2. The Labute approximate surface area is 173 Å². The number of amides is 2. The number of rotatable bonds is 10. The first-order chi connectivity index (χ1) is 14.0. The number of ether oxygens (including phenoxy) is 1. The molecule has 0 saturated heterocycles. The Balaban J connectivity index is 1.99. The molecule has 156 valence electrons. The standard InChI is InChI=1S/C23H31N3O3/c1-5-25(17-22(27)24-20-13-10-14-21(15-20)29-4)18(3)23(28)26(6-2)16-19-11-8-7-9-12-19/h7-15,18H,5-6,16-17H2,1-4H3,(H,24,27). The number of benzene rings is 2. The van der Waals surface area contributed by atoms with E-state index in [1.54, 1.807) is 13.2 Å². The zero-order valence-electron chi connectivity index (χ0n) is 17.7. The molecule has 0 heterocycles. The van der Waals surface area contributed by atoms with E-state index in [-0.39, 0.29) is 24.4 Å². The van der Waals surface area contributed by atoms with Crippen LogP contribution < -0.4 is 10.1 Å². The van der Waals surface area contributed by atoms with Gasteiger partial charge in [-0.15, -0.1) is 0 Å². The SMILES string of the molecule is CCN(Cc1ccccc1)C(=O)C(C)N(CC)CC(=O)Nc1cccc(OC)c1. The molecule has 0 spiro atoms. The monoisotopic (exact) mass is 397 g/mol. The zero-order valence-corrected chi connectivity index (χ0v) is 17.7. The van der Waals surface area contributed by atoms with E-state index in [0.29, 0.717) is 31.1 Å². The summed E-state index contributed by atoms with van der Waals surface area (Å²) in [6.45, 7) is 7.71. The predicted molar refractivity (Wildman–Crippen MR) is 116 cm³/mol. The molecule has 1 atom stereocenters. The summed E-state index contributed by atoms with van der Waals surface area (Å²) in [6, 6.07) is 16.8. The van der Waals surface area contributed by atoms with Gasteiger partial charge in [0.1, 0.15) is 5.75 Å². The summed E-state index contributed by atoms with van der Waals surface area (Å²) in [5.41, 5.74) is 1.76. The highest BCUT2D eigenvalue weighted by Gasteiger charge is 2.26. The number of hydrogen-bond acceptors (Lipinski definition) is 4. The topological polar surface area (TPSA) is 61.9 Å². The lowest BCUT2D eigenvalue weighted by atomic mass is 10.1. The molecule has 0 aliphatic carbocycles. The first-order valence-electron chi connectivity index (χ1n) is 9.99. The highest BCUT2D eigenvalue weighted by molar-refractivity contribution is 5.93. The van der Waals surface area contributed by atoms with Crippen molar-refractivity contribution in [1.29, 1.82) is 0 Å². The van der Waals surface area contributed by atoms with Gasteiger partial charge in [0.05, 0.1) is 19.7 Å². The van der Waals surface area contributed by atoms with Crippen molar-refractivity contribution in [1.82, 2.24) is 9.80 Å². The smallest absolute Gasteiger partial charge is 0.239 e. The Morgan fingerprint density at radius 3 is 2.38 bits per heavy atom. The minimum Gasteiger partial charge on any atom is -0.497 e. The van der Waals surface area contributed by atoms with E-state index < -0.39 is 0 Å². The fourth-order valence-electron chi connectivity index (χ4n) is 3.18. The zero-order chi connectivity index (χ0) is 21.2. The van der Waals surface area contributed by atoms with Crippen molar-refractivity contribution in [3.63, 3.8) is 0 Å². The van der Waals surface area contributed by atoms with Gasteiger partial charge in [-0.25, -0.2) is 0 Å². The van der Waals surface area contributed by atoms with E-state index in [2.05, 4.69) is 5.32 Å². The van der Waals surface area contributed by atoms with E-state index in [0.717, 1.165) is 5.56 Å². The second-order valence-corrected chi connectivity index (χ2v) is 6.86. The van der Waals surface area contributed by atoms with Crippen LogP contribution in [0.25, 0.3) is 0 Å². The Morgan fingerprint density at radius 2 is 1.76 bits per heavy atom. The van der Waals surface area contributed by atoms with Gasteiger partial charge in [0, 0.05) is 24.8 Å². The minimum absolute atomic E-state index is 0.0207. The second-order valence-electron chi connectivity index (χ2n) is 6.86. The van der Waals surface area contributed by atoms with Gasteiger partial charge >= 0.3 is 0 Å². The quantitative estimate of drug-likeness (QED) is 0.668. The first kappa shape index (κ1) is 22.4. The van der Waals surface area contributed by atoms with Gasteiger partial charge in [-0.05, 0) is 38.1 Å². The van der Waals surface area contributed by atoms with Crippen LogP contribution in [0.4, 0.5) is 5.69 Å². The van der Waals surface area contributed by atoms with Crippen LogP contribution in [0.5, 0.6) is 5.75 Å².